The molecule has 3 N–H and O–H groups in total. The molecule has 1 unspecified atom stereocenters. The van der Waals surface area contributed by atoms with Gasteiger partial charge in [-0.05, 0) is 31.9 Å². The molecule has 0 spiro atoms. The molecular weight excluding hydrogens is 234 g/mol. The van der Waals surface area contributed by atoms with Crippen LogP contribution in [-0.2, 0) is 4.79 Å². The number of nitrogens with zero attached hydrogens (tertiary/aromatic N) is 2. The molecule has 0 aromatic carbocycles. The third-order valence-electron chi connectivity index (χ3n) is 3.41. The van der Waals surface area contributed by atoms with Crippen LogP contribution in [0.15, 0.2) is 18.3 Å². The molecule has 1 aromatic heterocycles. The van der Waals surface area contributed by atoms with Gasteiger partial charge >= 0.3 is 5.97 Å². The second-order valence-corrected chi connectivity index (χ2v) is 4.60. The molecule has 1 amide bonds. The summed E-state index contributed by atoms with van der Waals surface area (Å²) in [6, 6.07) is 3.05. The Bertz CT molecular complexity index is 503. The maximum absolute atomic E-state index is 11.4. The monoisotopic (exact) mass is 249 g/mol. The highest BCUT2D eigenvalue weighted by Crippen LogP contribution is 2.33. The molecule has 1 atom stereocenters. The number of hydrogen-bond acceptors (Lipinski definition) is 4. The number of pyridine rings is 1. The highest BCUT2D eigenvalue weighted by molar-refractivity contribution is 5.93. The average molecular weight is 249 g/mol. The van der Waals surface area contributed by atoms with Crippen molar-refractivity contribution >= 4 is 17.7 Å². The normalized spacial score (nSPS) is 23.1. The summed E-state index contributed by atoms with van der Waals surface area (Å²) < 4.78 is 0. The van der Waals surface area contributed by atoms with E-state index in [9.17, 15) is 14.7 Å². The molecule has 1 aromatic rings. The van der Waals surface area contributed by atoms with Gasteiger partial charge in [0, 0.05) is 18.3 Å². The number of carbonyl (C=O) groups excluding carboxylic acids is 1. The van der Waals surface area contributed by atoms with Gasteiger partial charge in [-0.15, -0.1) is 0 Å². The summed E-state index contributed by atoms with van der Waals surface area (Å²) >= 11 is 0. The van der Waals surface area contributed by atoms with E-state index >= 15 is 0 Å². The Labute approximate surface area is 104 Å². The molecule has 96 valence electrons. The summed E-state index contributed by atoms with van der Waals surface area (Å²) in [7, 11) is 0. The number of carboxylic acids is 1. The lowest BCUT2D eigenvalue weighted by atomic mass is 9.99. The molecule has 2 rings (SSSR count). The minimum Gasteiger partial charge on any atom is -0.480 e. The maximum atomic E-state index is 11.4. The fraction of sp³-hybridized carbons (Fsp3) is 0.417. The van der Waals surface area contributed by atoms with Gasteiger partial charge in [0.15, 0.2) is 0 Å². The van der Waals surface area contributed by atoms with E-state index in [2.05, 4.69) is 4.98 Å². The van der Waals surface area contributed by atoms with Crippen molar-refractivity contribution in [2.24, 2.45) is 5.73 Å². The molecule has 1 fully saturated rings. The van der Waals surface area contributed by atoms with Gasteiger partial charge in [0.05, 0.1) is 0 Å². The largest absolute Gasteiger partial charge is 0.480 e. The van der Waals surface area contributed by atoms with Crippen molar-refractivity contribution in [2.75, 3.05) is 11.4 Å². The van der Waals surface area contributed by atoms with Crippen molar-refractivity contribution in [1.82, 2.24) is 4.98 Å². The van der Waals surface area contributed by atoms with E-state index in [4.69, 9.17) is 5.73 Å². The number of nitrogens with two attached hydrogens (primary N) is 1. The zero-order chi connectivity index (χ0) is 13.3. The number of aliphatic carboxylic acids is 1. The smallest absolute Gasteiger partial charge is 0.329 e. The number of hydrogen-bond donors (Lipinski definition) is 2. The lowest BCUT2D eigenvalue weighted by Crippen LogP contribution is -2.48. The van der Waals surface area contributed by atoms with E-state index in [1.54, 1.807) is 11.8 Å². The van der Waals surface area contributed by atoms with Crippen molar-refractivity contribution in [3.05, 3.63) is 23.9 Å². The van der Waals surface area contributed by atoms with Crippen LogP contribution >= 0.6 is 0 Å². The summed E-state index contributed by atoms with van der Waals surface area (Å²) in [6.07, 6.45) is 2.81. The van der Waals surface area contributed by atoms with Crippen molar-refractivity contribution in [3.63, 3.8) is 0 Å². The van der Waals surface area contributed by atoms with E-state index in [1.165, 1.54) is 18.3 Å². The van der Waals surface area contributed by atoms with Crippen LogP contribution < -0.4 is 10.6 Å². The standard InChI is InChI=1S/C12H15N3O3/c1-12(11(17)18)4-2-6-15(12)9-7-8(10(13)16)3-5-14-9/h3,5,7H,2,4,6H2,1H3,(H2,13,16)(H,17,18). The Morgan fingerprint density at radius 1 is 1.56 bits per heavy atom. The first-order valence-electron chi connectivity index (χ1n) is 5.72. The minimum atomic E-state index is -0.969. The predicted molar refractivity (Wildman–Crippen MR) is 65.4 cm³/mol. The highest BCUT2D eigenvalue weighted by atomic mass is 16.4. The minimum absolute atomic E-state index is 0.333. The quantitative estimate of drug-likeness (QED) is 0.818. The topological polar surface area (TPSA) is 96.5 Å². The SMILES string of the molecule is CC1(C(=O)O)CCCN1c1cc(C(N)=O)ccn1. The molecule has 2 heterocycles. The number of anilines is 1. The van der Waals surface area contributed by atoms with Crippen LogP contribution in [0.3, 0.4) is 0 Å². The lowest BCUT2D eigenvalue weighted by Gasteiger charge is -2.32. The zero-order valence-corrected chi connectivity index (χ0v) is 10.1. The summed E-state index contributed by atoms with van der Waals surface area (Å²) in [5.74, 6) is -0.949. The number of rotatable bonds is 3. The second kappa shape index (κ2) is 4.29. The molecule has 0 bridgehead atoms. The third kappa shape index (κ3) is 1.90. The number of primary amides is 1. The lowest BCUT2D eigenvalue weighted by molar-refractivity contribution is -0.142. The predicted octanol–water partition coefficient (Wildman–Crippen LogP) is 0.624. The number of aromatic nitrogens is 1. The van der Waals surface area contributed by atoms with Gasteiger partial charge in [-0.25, -0.2) is 9.78 Å². The molecule has 1 aliphatic rings. The Balaban J connectivity index is 2.39. The Kier molecular flexibility index (Phi) is 2.94. The first kappa shape index (κ1) is 12.3. The van der Waals surface area contributed by atoms with Gasteiger partial charge in [0.2, 0.25) is 5.91 Å². The van der Waals surface area contributed by atoms with E-state index in [0.717, 1.165) is 6.42 Å². The van der Waals surface area contributed by atoms with Crippen LogP contribution in [0, 0.1) is 0 Å². The van der Waals surface area contributed by atoms with Gasteiger partial charge in [-0.2, -0.15) is 0 Å². The summed E-state index contributed by atoms with van der Waals surface area (Å²) in [5.41, 5.74) is 4.57. The fourth-order valence-corrected chi connectivity index (χ4v) is 2.27. The molecule has 0 saturated carbocycles. The van der Waals surface area contributed by atoms with Crippen LogP contribution in [0.1, 0.15) is 30.1 Å². The molecular formula is C12H15N3O3. The summed E-state index contributed by atoms with van der Waals surface area (Å²) in [5, 5.41) is 9.32. The van der Waals surface area contributed by atoms with Gasteiger partial charge < -0.3 is 15.7 Å². The number of carboxylic acid groups (broad SMARTS) is 1. The van der Waals surface area contributed by atoms with Crippen LogP contribution in [0.2, 0.25) is 0 Å². The van der Waals surface area contributed by atoms with Crippen molar-refractivity contribution in [1.29, 1.82) is 0 Å². The number of carbonyl (C=O) groups is 2. The Morgan fingerprint density at radius 2 is 2.28 bits per heavy atom. The van der Waals surface area contributed by atoms with Gasteiger partial charge in [0.1, 0.15) is 11.4 Å². The van der Waals surface area contributed by atoms with Crippen molar-refractivity contribution in [2.45, 2.75) is 25.3 Å². The Hall–Kier alpha value is -2.11. The second-order valence-electron chi connectivity index (χ2n) is 4.60. The van der Waals surface area contributed by atoms with Crippen molar-refractivity contribution < 1.29 is 14.7 Å². The first-order valence-corrected chi connectivity index (χ1v) is 5.72. The van der Waals surface area contributed by atoms with Gasteiger partial charge in [-0.3, -0.25) is 4.79 Å². The molecule has 18 heavy (non-hydrogen) atoms. The van der Waals surface area contributed by atoms with E-state index in [1.807, 2.05) is 0 Å². The van der Waals surface area contributed by atoms with Crippen LogP contribution in [0.5, 0.6) is 0 Å². The van der Waals surface area contributed by atoms with Gasteiger partial charge in [-0.1, -0.05) is 0 Å². The molecule has 1 saturated heterocycles. The van der Waals surface area contributed by atoms with E-state index in [0.29, 0.717) is 24.3 Å². The molecule has 6 heteroatoms. The summed E-state index contributed by atoms with van der Waals surface area (Å²) in [4.78, 5) is 28.3. The molecule has 0 aliphatic carbocycles. The zero-order valence-electron chi connectivity index (χ0n) is 10.1. The highest BCUT2D eigenvalue weighted by Gasteiger charge is 2.44. The third-order valence-corrected chi connectivity index (χ3v) is 3.41. The molecule has 0 radical (unpaired) electrons. The van der Waals surface area contributed by atoms with Crippen LogP contribution in [0.4, 0.5) is 5.82 Å². The Morgan fingerprint density at radius 3 is 2.89 bits per heavy atom. The average Bonchev–Trinajstić information content (AvgIpc) is 2.73. The van der Waals surface area contributed by atoms with Crippen LogP contribution in [-0.4, -0.2) is 34.1 Å². The van der Waals surface area contributed by atoms with Crippen molar-refractivity contribution in [3.8, 4) is 0 Å². The van der Waals surface area contributed by atoms with Crippen LogP contribution in [0.25, 0.3) is 0 Å². The van der Waals surface area contributed by atoms with Gasteiger partial charge in [0.25, 0.3) is 0 Å². The fourth-order valence-electron chi connectivity index (χ4n) is 2.27. The molecule has 6 nitrogen and oxygen atoms in total. The van der Waals surface area contributed by atoms with E-state index < -0.39 is 17.4 Å². The number of amides is 1. The van der Waals surface area contributed by atoms with E-state index in [-0.39, 0.29) is 0 Å². The summed E-state index contributed by atoms with van der Waals surface area (Å²) in [6.45, 7) is 2.28. The molecule has 1 aliphatic heterocycles. The first-order chi connectivity index (χ1) is 8.45. The maximum Gasteiger partial charge on any atom is 0.329 e.